The zero-order chi connectivity index (χ0) is 26.9. The van der Waals surface area contributed by atoms with Gasteiger partial charge in [-0.3, -0.25) is 19.3 Å². The van der Waals surface area contributed by atoms with Crippen molar-refractivity contribution in [2.75, 3.05) is 24.2 Å². The van der Waals surface area contributed by atoms with Crippen LogP contribution in [0.5, 0.6) is 0 Å². The van der Waals surface area contributed by atoms with E-state index < -0.39 is 35.4 Å². The first-order chi connectivity index (χ1) is 17.4. The van der Waals surface area contributed by atoms with Gasteiger partial charge in [0.2, 0.25) is 5.91 Å². The summed E-state index contributed by atoms with van der Waals surface area (Å²) in [5, 5.41) is 8.00. The second kappa shape index (κ2) is 10.2. The molecule has 10 nitrogen and oxygen atoms in total. The van der Waals surface area contributed by atoms with Crippen LogP contribution >= 0.6 is 11.3 Å². The highest BCUT2D eigenvalue weighted by atomic mass is 32.1. The van der Waals surface area contributed by atoms with Crippen LogP contribution < -0.4 is 16.0 Å². The smallest absolute Gasteiger partial charge is 0.342 e. The second-order valence-electron chi connectivity index (χ2n) is 8.17. The first-order valence-corrected chi connectivity index (χ1v) is 11.5. The zero-order valence-electron chi connectivity index (χ0n) is 19.3. The molecule has 2 aromatic heterocycles. The number of aromatic nitrogens is 3. The molecule has 0 fully saturated rings. The van der Waals surface area contributed by atoms with Crippen LogP contribution in [0.15, 0.2) is 30.7 Å². The highest BCUT2D eigenvalue weighted by molar-refractivity contribution is 7.13. The Morgan fingerprint density at radius 3 is 2.65 bits per heavy atom. The number of alkyl halides is 3. The molecule has 0 saturated carbocycles. The molecule has 1 atom stereocenters. The predicted octanol–water partition coefficient (Wildman–Crippen LogP) is 3.22. The Bertz CT molecular complexity index is 1380. The van der Waals surface area contributed by atoms with Gasteiger partial charge in [0.05, 0.1) is 24.3 Å². The number of nitrogens with zero attached hydrogens (tertiary/aromatic N) is 4. The van der Waals surface area contributed by atoms with Gasteiger partial charge in [-0.25, -0.2) is 19.3 Å². The van der Waals surface area contributed by atoms with E-state index in [2.05, 4.69) is 30.9 Å². The number of benzene rings is 1. The lowest BCUT2D eigenvalue weighted by atomic mass is 10.1. The van der Waals surface area contributed by atoms with Crippen molar-refractivity contribution < 1.29 is 31.9 Å². The highest BCUT2D eigenvalue weighted by Crippen LogP contribution is 2.33. The van der Waals surface area contributed by atoms with Crippen LogP contribution in [0.25, 0.3) is 0 Å². The summed E-state index contributed by atoms with van der Waals surface area (Å²) < 4.78 is 52.3. The normalized spacial score (nSPS) is 14.8. The molecule has 1 aliphatic heterocycles. The number of rotatable bonds is 5. The average molecular weight is 537 g/mol. The Morgan fingerprint density at radius 2 is 1.92 bits per heavy atom. The van der Waals surface area contributed by atoms with E-state index in [0.29, 0.717) is 22.7 Å². The maximum Gasteiger partial charge on any atom is 0.419 e. The molecular weight excluding hydrogens is 518 g/mol. The van der Waals surface area contributed by atoms with E-state index in [9.17, 15) is 31.9 Å². The van der Waals surface area contributed by atoms with Crippen LogP contribution in [0.3, 0.4) is 0 Å². The van der Waals surface area contributed by atoms with Crippen LogP contribution in [0.2, 0.25) is 0 Å². The number of likely N-dealkylation sites (N-methyl/N-ethyl adjacent to an activating group) is 1. The van der Waals surface area contributed by atoms with Gasteiger partial charge in [-0.2, -0.15) is 13.2 Å². The number of nitrogens with one attached hydrogen (secondary N) is 3. The number of thiazole rings is 1. The minimum absolute atomic E-state index is 0.0641. The van der Waals surface area contributed by atoms with Gasteiger partial charge in [-0.05, 0) is 32.2 Å². The second-order valence-corrected chi connectivity index (χ2v) is 9.24. The number of fused-ring (bicyclic) bond motifs is 1. The third-order valence-electron chi connectivity index (χ3n) is 5.25. The van der Waals surface area contributed by atoms with Crippen molar-refractivity contribution in [3.63, 3.8) is 0 Å². The molecule has 3 amide bonds. The van der Waals surface area contributed by atoms with Crippen LogP contribution in [0.1, 0.15) is 49.3 Å². The van der Waals surface area contributed by atoms with Gasteiger partial charge in [-0.1, -0.05) is 0 Å². The predicted molar refractivity (Wildman–Crippen MR) is 124 cm³/mol. The molecule has 0 aliphatic carbocycles. The molecule has 0 radical (unpaired) electrons. The summed E-state index contributed by atoms with van der Waals surface area (Å²) in [6, 6.07) is 1.47. The van der Waals surface area contributed by atoms with Crippen LogP contribution in [0.4, 0.5) is 29.1 Å². The molecular formula is C22H19F4N7O3S. The van der Waals surface area contributed by atoms with Gasteiger partial charge < -0.3 is 16.0 Å². The van der Waals surface area contributed by atoms with Gasteiger partial charge in [0.25, 0.3) is 11.8 Å². The van der Waals surface area contributed by atoms with E-state index in [1.807, 2.05) is 0 Å². The van der Waals surface area contributed by atoms with E-state index in [1.165, 1.54) is 6.20 Å². The van der Waals surface area contributed by atoms with Gasteiger partial charge >= 0.3 is 6.18 Å². The quantitative estimate of drug-likeness (QED) is 0.426. The van der Waals surface area contributed by atoms with E-state index in [-0.39, 0.29) is 41.1 Å². The van der Waals surface area contributed by atoms with Crippen LogP contribution in [-0.2, 0) is 17.5 Å². The molecule has 0 bridgehead atoms. The molecule has 1 unspecified atom stereocenters. The number of hydrogen-bond donors (Lipinski definition) is 3. The van der Waals surface area contributed by atoms with Crippen molar-refractivity contribution in [3.8, 4) is 0 Å². The summed E-state index contributed by atoms with van der Waals surface area (Å²) in [5.74, 6) is -2.79. The van der Waals surface area contributed by atoms with Gasteiger partial charge in [0, 0.05) is 17.8 Å². The van der Waals surface area contributed by atoms with Crippen molar-refractivity contribution in [2.24, 2.45) is 0 Å². The lowest BCUT2D eigenvalue weighted by Crippen LogP contribution is -2.29. The molecule has 3 N–H and O–H groups in total. The molecule has 37 heavy (non-hydrogen) atoms. The zero-order valence-corrected chi connectivity index (χ0v) is 20.1. The molecule has 15 heteroatoms. The van der Waals surface area contributed by atoms with Crippen LogP contribution in [-0.4, -0.2) is 51.2 Å². The number of hydrogen-bond acceptors (Lipinski definition) is 8. The number of anilines is 2. The molecule has 0 spiro atoms. The van der Waals surface area contributed by atoms with E-state index in [1.54, 1.807) is 18.9 Å². The van der Waals surface area contributed by atoms with Crippen molar-refractivity contribution in [1.29, 1.82) is 0 Å². The molecule has 3 aromatic rings. The molecule has 1 aromatic carbocycles. The summed E-state index contributed by atoms with van der Waals surface area (Å²) in [5.41, 5.74) is -1.23. The Morgan fingerprint density at radius 1 is 1.16 bits per heavy atom. The molecule has 4 rings (SSSR count). The number of amides is 3. The molecule has 3 heterocycles. The average Bonchev–Trinajstić information content (AvgIpc) is 3.25. The fourth-order valence-electron chi connectivity index (χ4n) is 3.54. The maximum absolute atomic E-state index is 13.5. The Balaban J connectivity index is 1.46. The third-order valence-corrected chi connectivity index (χ3v) is 6.43. The lowest BCUT2D eigenvalue weighted by molar-refractivity contribution is -0.140. The summed E-state index contributed by atoms with van der Waals surface area (Å²) in [7, 11) is 1.71. The fourth-order valence-corrected chi connectivity index (χ4v) is 4.36. The summed E-state index contributed by atoms with van der Waals surface area (Å²) in [6.07, 6.45) is -2.54. The van der Waals surface area contributed by atoms with E-state index >= 15 is 0 Å². The van der Waals surface area contributed by atoms with Crippen molar-refractivity contribution in [3.05, 3.63) is 63.2 Å². The Kier molecular flexibility index (Phi) is 7.18. The monoisotopic (exact) mass is 537 g/mol. The fraction of sp³-hybridized carbons (Fsp3) is 0.273. The first-order valence-electron chi connectivity index (χ1n) is 10.7. The SMILES string of the molecule is CC(NC(=O)c1ncnc2c1CN(C)CC(=O)N2)c1ncc(C(=O)Nc2ccc(F)c(C(F)(F)F)c2)s1. The number of carbonyl (C=O) groups excluding carboxylic acids is 3. The topological polar surface area (TPSA) is 129 Å². The minimum Gasteiger partial charge on any atom is -0.342 e. The highest BCUT2D eigenvalue weighted by Gasteiger charge is 2.34. The number of halogens is 4. The van der Waals surface area contributed by atoms with Crippen molar-refractivity contribution >= 4 is 40.6 Å². The number of carbonyl (C=O) groups is 3. The maximum atomic E-state index is 13.5. The van der Waals surface area contributed by atoms with E-state index in [4.69, 9.17) is 0 Å². The van der Waals surface area contributed by atoms with Gasteiger partial charge in [0.1, 0.15) is 33.5 Å². The summed E-state index contributed by atoms with van der Waals surface area (Å²) in [4.78, 5) is 51.4. The molecule has 1 aliphatic rings. The molecule has 0 saturated heterocycles. The Labute approximate surface area is 211 Å². The summed E-state index contributed by atoms with van der Waals surface area (Å²) in [6.45, 7) is 2.00. The Hall–Kier alpha value is -3.98. The van der Waals surface area contributed by atoms with Crippen LogP contribution in [0, 0.1) is 5.82 Å². The van der Waals surface area contributed by atoms with Gasteiger partial charge in [-0.15, -0.1) is 11.3 Å². The van der Waals surface area contributed by atoms with E-state index in [0.717, 1.165) is 23.7 Å². The standard InChI is InChI=1S/C22H19F4N7O3S/c1-10(30-20(36)17-12-7-33(2)8-16(34)32-18(12)29-9-28-17)21-27-6-15(37-21)19(35)31-11-3-4-14(23)13(5-11)22(24,25)26/h3-6,9-10H,7-8H2,1-2H3,(H,30,36)(H,31,35)(H,28,29,32,34). The van der Waals surface area contributed by atoms with Gasteiger partial charge in [0.15, 0.2) is 0 Å². The summed E-state index contributed by atoms with van der Waals surface area (Å²) >= 11 is 0.919. The first kappa shape index (κ1) is 26.1. The van der Waals surface area contributed by atoms with Crippen molar-refractivity contribution in [1.82, 2.24) is 25.2 Å². The van der Waals surface area contributed by atoms with Crippen molar-refractivity contribution in [2.45, 2.75) is 25.7 Å². The molecule has 194 valence electrons. The third kappa shape index (κ3) is 5.89. The minimum atomic E-state index is -4.92. The lowest BCUT2D eigenvalue weighted by Gasteiger charge is -2.16. The largest absolute Gasteiger partial charge is 0.419 e.